The Morgan fingerprint density at radius 1 is 1.56 bits per heavy atom. The summed E-state index contributed by atoms with van der Waals surface area (Å²) in [5.41, 5.74) is 1.17. The van der Waals surface area contributed by atoms with Gasteiger partial charge in [-0.15, -0.1) is 0 Å². The molecule has 0 saturated heterocycles. The van der Waals surface area contributed by atoms with Gasteiger partial charge in [-0.25, -0.2) is 0 Å². The maximum atomic E-state index is 6.23. The molecule has 0 bridgehead atoms. The summed E-state index contributed by atoms with van der Waals surface area (Å²) in [5, 5.41) is 8.34. The van der Waals surface area contributed by atoms with Gasteiger partial charge in [-0.3, -0.25) is 4.68 Å². The number of aromatic nitrogens is 2. The number of nitrogens with one attached hydrogen (secondary N) is 1. The summed E-state index contributed by atoms with van der Waals surface area (Å²) in [6.07, 6.45) is 2.78. The molecule has 0 aromatic carbocycles. The third-order valence-corrected chi connectivity index (χ3v) is 3.32. The third kappa shape index (κ3) is 2.77. The van der Waals surface area contributed by atoms with Crippen LogP contribution in [-0.2, 0) is 12.0 Å². The van der Waals surface area contributed by atoms with E-state index in [-0.39, 0.29) is 5.41 Å². The average Bonchev–Trinajstić information content (AvgIpc) is 2.59. The second-order valence-corrected chi connectivity index (χ2v) is 5.34. The van der Waals surface area contributed by atoms with Gasteiger partial charge in [0.05, 0.1) is 16.9 Å². The zero-order chi connectivity index (χ0) is 12.3. The standard InChI is InChI=1S/C12H22ClN3/c1-6-16-11(10(13)8-15-16)12(3,4)7-9(2)14-5/h8-9,14H,6-7H2,1-5H3. The Hall–Kier alpha value is -0.540. The van der Waals surface area contributed by atoms with E-state index in [0.29, 0.717) is 6.04 Å². The topological polar surface area (TPSA) is 29.9 Å². The smallest absolute Gasteiger partial charge is 0.0823 e. The fourth-order valence-corrected chi connectivity index (χ4v) is 2.64. The van der Waals surface area contributed by atoms with Gasteiger partial charge in [0, 0.05) is 18.0 Å². The van der Waals surface area contributed by atoms with Crippen molar-refractivity contribution in [3.05, 3.63) is 16.9 Å². The van der Waals surface area contributed by atoms with Crippen LogP contribution < -0.4 is 5.32 Å². The molecule has 0 radical (unpaired) electrons. The van der Waals surface area contributed by atoms with Crippen LogP contribution in [-0.4, -0.2) is 22.9 Å². The van der Waals surface area contributed by atoms with Gasteiger partial charge in [-0.1, -0.05) is 25.4 Å². The highest BCUT2D eigenvalue weighted by Gasteiger charge is 2.29. The minimum absolute atomic E-state index is 0.0337. The lowest BCUT2D eigenvalue weighted by Gasteiger charge is -2.29. The largest absolute Gasteiger partial charge is 0.317 e. The van der Waals surface area contributed by atoms with Gasteiger partial charge in [-0.2, -0.15) is 5.10 Å². The molecule has 0 fully saturated rings. The molecule has 1 heterocycles. The Morgan fingerprint density at radius 3 is 2.69 bits per heavy atom. The van der Waals surface area contributed by atoms with Gasteiger partial charge in [0.2, 0.25) is 0 Å². The van der Waals surface area contributed by atoms with Crippen molar-refractivity contribution in [3.63, 3.8) is 0 Å². The highest BCUT2D eigenvalue weighted by molar-refractivity contribution is 6.31. The Bertz CT molecular complexity index is 344. The average molecular weight is 244 g/mol. The molecular formula is C12H22ClN3. The molecule has 0 spiro atoms. The fraction of sp³-hybridized carbons (Fsp3) is 0.750. The van der Waals surface area contributed by atoms with Crippen molar-refractivity contribution in [1.82, 2.24) is 15.1 Å². The summed E-state index contributed by atoms with van der Waals surface area (Å²) in [7, 11) is 1.99. The molecule has 4 heteroatoms. The summed E-state index contributed by atoms with van der Waals surface area (Å²) >= 11 is 6.23. The van der Waals surface area contributed by atoms with E-state index >= 15 is 0 Å². The van der Waals surface area contributed by atoms with E-state index in [1.54, 1.807) is 6.20 Å². The fourth-order valence-electron chi connectivity index (χ4n) is 2.24. The molecule has 0 amide bonds. The lowest BCUT2D eigenvalue weighted by molar-refractivity contribution is 0.377. The first-order chi connectivity index (χ1) is 7.42. The molecule has 0 aliphatic heterocycles. The van der Waals surface area contributed by atoms with E-state index < -0.39 is 0 Å². The molecule has 1 atom stereocenters. The van der Waals surface area contributed by atoms with Gasteiger partial charge in [0.1, 0.15) is 0 Å². The van der Waals surface area contributed by atoms with E-state index in [0.717, 1.165) is 23.7 Å². The number of hydrogen-bond donors (Lipinski definition) is 1. The van der Waals surface area contributed by atoms with Crippen molar-refractivity contribution in [2.45, 2.75) is 52.1 Å². The molecule has 0 aliphatic carbocycles. The summed E-state index contributed by atoms with van der Waals surface area (Å²) in [5.74, 6) is 0. The first kappa shape index (κ1) is 13.5. The minimum Gasteiger partial charge on any atom is -0.317 e. The lowest BCUT2D eigenvalue weighted by atomic mass is 9.82. The summed E-state index contributed by atoms with van der Waals surface area (Å²) < 4.78 is 1.99. The van der Waals surface area contributed by atoms with Gasteiger partial charge in [0.25, 0.3) is 0 Å². The molecular weight excluding hydrogens is 222 g/mol. The van der Waals surface area contributed by atoms with Crippen molar-refractivity contribution >= 4 is 11.6 Å². The third-order valence-electron chi connectivity index (χ3n) is 3.04. The van der Waals surface area contributed by atoms with E-state index in [4.69, 9.17) is 11.6 Å². The maximum Gasteiger partial charge on any atom is 0.0823 e. The number of halogens is 1. The first-order valence-electron chi connectivity index (χ1n) is 5.81. The predicted molar refractivity (Wildman–Crippen MR) is 69.1 cm³/mol. The molecule has 16 heavy (non-hydrogen) atoms. The van der Waals surface area contributed by atoms with Crippen LogP contribution in [0.15, 0.2) is 6.20 Å². The molecule has 1 N–H and O–H groups in total. The SMILES string of the molecule is CCn1ncc(Cl)c1C(C)(C)CC(C)NC. The predicted octanol–water partition coefficient (Wildman–Crippen LogP) is 2.83. The van der Waals surface area contributed by atoms with Crippen molar-refractivity contribution in [2.24, 2.45) is 0 Å². The van der Waals surface area contributed by atoms with Crippen molar-refractivity contribution < 1.29 is 0 Å². The Morgan fingerprint density at radius 2 is 2.19 bits per heavy atom. The van der Waals surface area contributed by atoms with Crippen molar-refractivity contribution in [3.8, 4) is 0 Å². The molecule has 3 nitrogen and oxygen atoms in total. The number of aryl methyl sites for hydroxylation is 1. The summed E-state index contributed by atoms with van der Waals surface area (Å²) in [6, 6.07) is 0.464. The molecule has 0 saturated carbocycles. The van der Waals surface area contributed by atoms with Crippen LogP contribution in [0.3, 0.4) is 0 Å². The Labute approximate surface area is 103 Å². The summed E-state index contributed by atoms with van der Waals surface area (Å²) in [4.78, 5) is 0. The minimum atomic E-state index is 0.0337. The Balaban J connectivity index is 3.00. The first-order valence-corrected chi connectivity index (χ1v) is 6.19. The van der Waals surface area contributed by atoms with Gasteiger partial charge >= 0.3 is 0 Å². The highest BCUT2D eigenvalue weighted by Crippen LogP contribution is 2.33. The van der Waals surface area contributed by atoms with E-state index in [1.165, 1.54) is 0 Å². The van der Waals surface area contributed by atoms with Crippen molar-refractivity contribution in [2.75, 3.05) is 7.05 Å². The molecule has 0 aliphatic rings. The van der Waals surface area contributed by atoms with E-state index in [9.17, 15) is 0 Å². The van der Waals surface area contributed by atoms with E-state index in [2.05, 4.69) is 38.1 Å². The van der Waals surface area contributed by atoms with Crippen LogP contribution in [0.1, 0.15) is 39.8 Å². The number of nitrogens with zero attached hydrogens (tertiary/aromatic N) is 2. The summed E-state index contributed by atoms with van der Waals surface area (Å²) in [6.45, 7) is 9.57. The van der Waals surface area contributed by atoms with Gasteiger partial charge in [0.15, 0.2) is 0 Å². The monoisotopic (exact) mass is 243 g/mol. The molecule has 92 valence electrons. The van der Waals surface area contributed by atoms with Crippen LogP contribution >= 0.6 is 11.6 Å². The Kier molecular flexibility index (Phi) is 4.39. The highest BCUT2D eigenvalue weighted by atomic mass is 35.5. The van der Waals surface area contributed by atoms with E-state index in [1.807, 2.05) is 11.7 Å². The maximum absolute atomic E-state index is 6.23. The van der Waals surface area contributed by atoms with Gasteiger partial charge in [-0.05, 0) is 27.3 Å². The molecule has 1 rings (SSSR count). The molecule has 1 unspecified atom stereocenters. The van der Waals surface area contributed by atoms with Crippen LogP contribution in [0.25, 0.3) is 0 Å². The second-order valence-electron chi connectivity index (χ2n) is 4.93. The number of rotatable bonds is 5. The van der Waals surface area contributed by atoms with Crippen molar-refractivity contribution in [1.29, 1.82) is 0 Å². The second kappa shape index (κ2) is 5.19. The quantitative estimate of drug-likeness (QED) is 0.862. The normalized spacial score (nSPS) is 14.1. The lowest BCUT2D eigenvalue weighted by Crippen LogP contribution is -2.32. The molecule has 1 aromatic rings. The van der Waals surface area contributed by atoms with Crippen LogP contribution in [0.4, 0.5) is 0 Å². The van der Waals surface area contributed by atoms with Crippen LogP contribution in [0.2, 0.25) is 5.02 Å². The molecule has 1 aromatic heterocycles. The zero-order valence-corrected chi connectivity index (χ0v) is 11.6. The van der Waals surface area contributed by atoms with Crippen LogP contribution in [0.5, 0.6) is 0 Å². The van der Waals surface area contributed by atoms with Crippen LogP contribution in [0, 0.1) is 0 Å². The zero-order valence-electron chi connectivity index (χ0n) is 10.8. The number of hydrogen-bond acceptors (Lipinski definition) is 2. The van der Waals surface area contributed by atoms with Gasteiger partial charge < -0.3 is 5.32 Å².